The van der Waals surface area contributed by atoms with E-state index in [-0.39, 0.29) is 17.2 Å². The molecule has 2 rings (SSSR count). The molecule has 1 heterocycles. The first-order chi connectivity index (χ1) is 8.43. The fraction of sp³-hybridized carbons (Fsp3) is 0.571. The van der Waals surface area contributed by atoms with Crippen molar-refractivity contribution in [2.75, 3.05) is 17.7 Å². The van der Waals surface area contributed by atoms with Crippen LogP contribution in [-0.4, -0.2) is 17.9 Å². The van der Waals surface area contributed by atoms with Crippen molar-refractivity contribution in [1.82, 2.24) is 4.98 Å². The van der Waals surface area contributed by atoms with Crippen LogP contribution in [0.5, 0.6) is 0 Å². The second-order valence-corrected chi connectivity index (χ2v) is 5.77. The van der Waals surface area contributed by atoms with Gasteiger partial charge in [0.15, 0.2) is 0 Å². The first-order valence-corrected chi connectivity index (χ1v) is 6.40. The molecule has 0 saturated heterocycles. The van der Waals surface area contributed by atoms with Crippen LogP contribution in [0.3, 0.4) is 0 Å². The Morgan fingerprint density at radius 1 is 1.56 bits per heavy atom. The molecule has 1 aliphatic rings. The van der Waals surface area contributed by atoms with Gasteiger partial charge in [-0.25, -0.2) is 0 Å². The fourth-order valence-corrected chi connectivity index (χ4v) is 2.84. The highest BCUT2D eigenvalue weighted by atomic mass is 16.2. The molecular weight excluding hydrogens is 226 g/mol. The molecule has 1 aliphatic carbocycles. The highest BCUT2D eigenvalue weighted by Gasteiger charge is 2.40. The van der Waals surface area contributed by atoms with Crippen LogP contribution in [-0.2, 0) is 4.79 Å². The Hall–Kier alpha value is -1.58. The first kappa shape index (κ1) is 12.9. The third kappa shape index (κ3) is 2.19. The van der Waals surface area contributed by atoms with Gasteiger partial charge in [-0.1, -0.05) is 20.3 Å². The van der Waals surface area contributed by atoms with Crippen molar-refractivity contribution in [2.24, 2.45) is 11.3 Å². The van der Waals surface area contributed by atoms with Gasteiger partial charge in [-0.3, -0.25) is 9.78 Å². The van der Waals surface area contributed by atoms with Crippen LogP contribution >= 0.6 is 0 Å². The van der Waals surface area contributed by atoms with Gasteiger partial charge in [0.1, 0.15) is 0 Å². The van der Waals surface area contributed by atoms with E-state index in [4.69, 9.17) is 5.73 Å². The number of nitrogens with two attached hydrogens (primary N) is 1. The van der Waals surface area contributed by atoms with Crippen molar-refractivity contribution in [3.63, 3.8) is 0 Å². The van der Waals surface area contributed by atoms with Crippen LogP contribution in [0.25, 0.3) is 0 Å². The maximum absolute atomic E-state index is 12.6. The lowest BCUT2D eigenvalue weighted by Gasteiger charge is -2.30. The average molecular weight is 247 g/mol. The monoisotopic (exact) mass is 247 g/mol. The highest BCUT2D eigenvalue weighted by Crippen LogP contribution is 2.43. The number of nitrogen functional groups attached to an aromatic ring is 1. The summed E-state index contributed by atoms with van der Waals surface area (Å²) in [4.78, 5) is 18.2. The first-order valence-electron chi connectivity index (χ1n) is 6.40. The number of nitrogens with zero attached hydrogens (tertiary/aromatic N) is 2. The molecule has 98 valence electrons. The number of rotatable bonds is 2. The summed E-state index contributed by atoms with van der Waals surface area (Å²) in [5.74, 6) is 0.255. The Kier molecular flexibility index (Phi) is 3.28. The number of carbonyl (C=O) groups excluding carboxylic acids is 1. The lowest BCUT2D eigenvalue weighted by atomic mass is 9.81. The molecule has 4 heteroatoms. The van der Waals surface area contributed by atoms with Crippen LogP contribution < -0.4 is 10.6 Å². The minimum Gasteiger partial charge on any atom is -0.396 e. The summed E-state index contributed by atoms with van der Waals surface area (Å²) in [5, 5.41) is 0. The lowest BCUT2D eigenvalue weighted by Crippen LogP contribution is -2.38. The topological polar surface area (TPSA) is 59.2 Å². The number of anilines is 2. The summed E-state index contributed by atoms with van der Waals surface area (Å²) in [6.45, 7) is 4.35. The maximum Gasteiger partial charge on any atom is 0.230 e. The normalized spacial score (nSPS) is 21.8. The molecule has 0 radical (unpaired) electrons. The molecule has 18 heavy (non-hydrogen) atoms. The van der Waals surface area contributed by atoms with Crippen molar-refractivity contribution < 1.29 is 4.79 Å². The molecular formula is C14H21N3O. The molecule has 0 spiro atoms. The average Bonchev–Trinajstić information content (AvgIpc) is 2.68. The van der Waals surface area contributed by atoms with E-state index in [2.05, 4.69) is 18.8 Å². The summed E-state index contributed by atoms with van der Waals surface area (Å²) in [5.41, 5.74) is 7.25. The van der Waals surface area contributed by atoms with Gasteiger partial charge < -0.3 is 10.6 Å². The van der Waals surface area contributed by atoms with Crippen LogP contribution in [0.2, 0.25) is 0 Å². The standard InChI is InChI=1S/C14H21N3O/c1-14(2)7-4-5-10(14)13(18)17(3)12-6-8-16-9-11(12)15/h6,8-10H,4-5,7,15H2,1-3H3. The van der Waals surface area contributed by atoms with Crippen molar-refractivity contribution >= 4 is 17.3 Å². The van der Waals surface area contributed by atoms with Crippen molar-refractivity contribution in [3.05, 3.63) is 18.5 Å². The molecule has 1 aromatic rings. The molecule has 1 amide bonds. The van der Waals surface area contributed by atoms with Gasteiger partial charge >= 0.3 is 0 Å². The van der Waals surface area contributed by atoms with Crippen LogP contribution in [0.4, 0.5) is 11.4 Å². The number of pyridine rings is 1. The Morgan fingerprint density at radius 3 is 2.83 bits per heavy atom. The predicted octanol–water partition coefficient (Wildman–Crippen LogP) is 2.45. The van der Waals surface area contributed by atoms with E-state index < -0.39 is 0 Å². The summed E-state index contributed by atoms with van der Waals surface area (Å²) >= 11 is 0. The minimum atomic E-state index is 0.0904. The van der Waals surface area contributed by atoms with Crippen LogP contribution in [0.1, 0.15) is 33.1 Å². The van der Waals surface area contributed by atoms with E-state index in [1.807, 2.05) is 0 Å². The molecule has 4 nitrogen and oxygen atoms in total. The van der Waals surface area contributed by atoms with Crippen molar-refractivity contribution in [1.29, 1.82) is 0 Å². The van der Waals surface area contributed by atoms with Crippen LogP contribution in [0.15, 0.2) is 18.5 Å². The zero-order valence-electron chi connectivity index (χ0n) is 11.3. The number of amides is 1. The van der Waals surface area contributed by atoms with Gasteiger partial charge in [0, 0.05) is 19.2 Å². The number of hydrogen-bond acceptors (Lipinski definition) is 3. The molecule has 0 aliphatic heterocycles. The summed E-state index contributed by atoms with van der Waals surface area (Å²) < 4.78 is 0. The zero-order chi connectivity index (χ0) is 13.3. The molecule has 2 N–H and O–H groups in total. The van der Waals surface area contributed by atoms with E-state index >= 15 is 0 Å². The third-order valence-corrected chi connectivity index (χ3v) is 4.08. The number of aromatic nitrogens is 1. The van der Waals surface area contributed by atoms with Gasteiger partial charge in [0.05, 0.1) is 17.6 Å². The fourth-order valence-electron chi connectivity index (χ4n) is 2.84. The molecule has 1 fully saturated rings. The van der Waals surface area contributed by atoms with E-state index in [0.717, 1.165) is 24.9 Å². The summed E-state index contributed by atoms with van der Waals surface area (Å²) in [6, 6.07) is 1.79. The molecule has 1 atom stereocenters. The minimum absolute atomic E-state index is 0.0904. The second-order valence-electron chi connectivity index (χ2n) is 5.77. The molecule has 1 aromatic heterocycles. The Morgan fingerprint density at radius 2 is 2.28 bits per heavy atom. The highest BCUT2D eigenvalue weighted by molar-refractivity contribution is 5.97. The Bertz CT molecular complexity index is 456. The molecule has 1 unspecified atom stereocenters. The quantitative estimate of drug-likeness (QED) is 0.873. The number of carbonyl (C=O) groups is 1. The van der Waals surface area contributed by atoms with Crippen molar-refractivity contribution in [3.8, 4) is 0 Å². The Labute approximate surface area is 108 Å². The second kappa shape index (κ2) is 4.59. The van der Waals surface area contributed by atoms with E-state index in [1.54, 1.807) is 30.4 Å². The van der Waals surface area contributed by atoms with Gasteiger partial charge in [-0.2, -0.15) is 0 Å². The zero-order valence-corrected chi connectivity index (χ0v) is 11.3. The SMILES string of the molecule is CN(C(=O)C1CCCC1(C)C)c1ccncc1N. The third-order valence-electron chi connectivity index (χ3n) is 4.08. The number of hydrogen-bond donors (Lipinski definition) is 1. The summed E-state index contributed by atoms with van der Waals surface area (Å²) in [6.07, 6.45) is 6.46. The molecule has 1 saturated carbocycles. The molecule has 0 bridgehead atoms. The summed E-state index contributed by atoms with van der Waals surface area (Å²) in [7, 11) is 1.79. The smallest absolute Gasteiger partial charge is 0.230 e. The van der Waals surface area contributed by atoms with Gasteiger partial charge in [0.2, 0.25) is 5.91 Å². The van der Waals surface area contributed by atoms with E-state index in [9.17, 15) is 4.79 Å². The lowest BCUT2D eigenvalue weighted by molar-refractivity contribution is -0.124. The predicted molar refractivity (Wildman–Crippen MR) is 73.2 cm³/mol. The van der Waals surface area contributed by atoms with Gasteiger partial charge in [-0.15, -0.1) is 0 Å². The molecule has 0 aromatic carbocycles. The Balaban J connectivity index is 2.22. The largest absolute Gasteiger partial charge is 0.396 e. The van der Waals surface area contributed by atoms with Gasteiger partial charge in [0.25, 0.3) is 0 Å². The van der Waals surface area contributed by atoms with Gasteiger partial charge in [-0.05, 0) is 24.3 Å². The van der Waals surface area contributed by atoms with E-state index in [1.165, 1.54) is 0 Å². The van der Waals surface area contributed by atoms with E-state index in [0.29, 0.717) is 5.69 Å². The maximum atomic E-state index is 12.6. The van der Waals surface area contributed by atoms with Crippen molar-refractivity contribution in [2.45, 2.75) is 33.1 Å². The van der Waals surface area contributed by atoms with Crippen LogP contribution in [0, 0.1) is 11.3 Å².